The van der Waals surface area contributed by atoms with Crippen molar-refractivity contribution in [2.45, 2.75) is 25.4 Å². The zero-order valence-corrected chi connectivity index (χ0v) is 20.7. The van der Waals surface area contributed by atoms with Crippen molar-refractivity contribution >= 4 is 22.8 Å². The lowest BCUT2D eigenvalue weighted by Crippen LogP contribution is -2.42. The first-order chi connectivity index (χ1) is 17.0. The summed E-state index contributed by atoms with van der Waals surface area (Å²) >= 11 is 0. The number of carbonyl (C=O) groups excluding carboxylic acids is 1. The van der Waals surface area contributed by atoms with E-state index in [1.165, 1.54) is 6.07 Å². The van der Waals surface area contributed by atoms with E-state index < -0.39 is 11.7 Å². The molecule has 1 saturated heterocycles. The second-order valence-electron chi connectivity index (χ2n) is 9.52. The van der Waals surface area contributed by atoms with Gasteiger partial charge in [0.05, 0.1) is 36.3 Å². The molecule has 1 fully saturated rings. The predicted octanol–water partition coefficient (Wildman–Crippen LogP) is 3.81. The van der Waals surface area contributed by atoms with E-state index in [2.05, 4.69) is 9.97 Å². The number of benzene rings is 1. The van der Waals surface area contributed by atoms with Gasteiger partial charge in [0.25, 0.3) is 0 Å². The molecule has 4 rings (SSSR count). The predicted molar refractivity (Wildman–Crippen MR) is 131 cm³/mol. The van der Waals surface area contributed by atoms with Crippen molar-refractivity contribution < 1.29 is 22.7 Å². The number of imidazole rings is 1. The number of piperidine rings is 1. The molecule has 0 bridgehead atoms. The van der Waals surface area contributed by atoms with E-state index in [1.54, 1.807) is 30.1 Å². The summed E-state index contributed by atoms with van der Waals surface area (Å²) in [7, 11) is 5.49. The van der Waals surface area contributed by atoms with Gasteiger partial charge in [0.15, 0.2) is 5.82 Å². The number of amides is 1. The Kier molecular flexibility index (Phi) is 7.39. The molecule has 2 N–H and O–H groups in total. The van der Waals surface area contributed by atoms with Gasteiger partial charge in [0, 0.05) is 25.7 Å². The van der Waals surface area contributed by atoms with Crippen LogP contribution in [0.2, 0.25) is 0 Å². The average molecular weight is 505 g/mol. The van der Waals surface area contributed by atoms with E-state index in [0.29, 0.717) is 54.3 Å². The fraction of sp³-hybridized carbons (Fsp3) is 0.480. The normalized spacial score (nSPS) is 15.1. The van der Waals surface area contributed by atoms with Gasteiger partial charge in [-0.1, -0.05) is 0 Å². The highest BCUT2D eigenvalue weighted by Gasteiger charge is 2.35. The number of halogens is 3. The minimum Gasteiger partial charge on any atom is -0.493 e. The first-order valence-corrected chi connectivity index (χ1v) is 11.9. The van der Waals surface area contributed by atoms with Gasteiger partial charge >= 0.3 is 6.18 Å². The third kappa shape index (κ3) is 5.72. The standard InChI is InChI=1S/C25H31F3N6O2/c1-32(2)14-22(35)34-9-6-16(7-10-34)8-11-36-21-5-4-17(12-18(21)25(26,27)28)19-13-20-23(24(29)31-19)30-15-33(20)3/h4-5,12-13,15-16H,6-11,14H2,1-3H3,(H2,29,31). The lowest BCUT2D eigenvalue weighted by atomic mass is 9.94. The Balaban J connectivity index is 1.43. The van der Waals surface area contributed by atoms with Crippen LogP contribution in [-0.4, -0.2) is 70.6 Å². The molecule has 1 amide bonds. The zero-order valence-electron chi connectivity index (χ0n) is 20.7. The van der Waals surface area contributed by atoms with Gasteiger partial charge in [-0.3, -0.25) is 4.79 Å². The largest absolute Gasteiger partial charge is 0.493 e. The maximum Gasteiger partial charge on any atom is 0.419 e. The van der Waals surface area contributed by atoms with Crippen molar-refractivity contribution in [2.24, 2.45) is 13.0 Å². The molecule has 0 unspecified atom stereocenters. The number of nitrogens with two attached hydrogens (primary N) is 1. The van der Waals surface area contributed by atoms with Crippen molar-refractivity contribution in [1.29, 1.82) is 0 Å². The van der Waals surface area contributed by atoms with Crippen LogP contribution in [0.1, 0.15) is 24.8 Å². The molecule has 2 aromatic heterocycles. The molecule has 0 atom stereocenters. The van der Waals surface area contributed by atoms with Crippen LogP contribution in [0.5, 0.6) is 5.75 Å². The number of hydrogen-bond acceptors (Lipinski definition) is 6. The number of carbonyl (C=O) groups is 1. The van der Waals surface area contributed by atoms with Crippen molar-refractivity contribution in [3.8, 4) is 17.0 Å². The monoisotopic (exact) mass is 504 g/mol. The first-order valence-electron chi connectivity index (χ1n) is 11.9. The van der Waals surface area contributed by atoms with Crippen molar-refractivity contribution in [3.05, 3.63) is 36.2 Å². The maximum atomic E-state index is 13.9. The number of nitrogens with zero attached hydrogens (tertiary/aromatic N) is 5. The topological polar surface area (TPSA) is 89.5 Å². The summed E-state index contributed by atoms with van der Waals surface area (Å²) < 4.78 is 49.1. The average Bonchev–Trinajstić information content (AvgIpc) is 3.20. The van der Waals surface area contributed by atoms with E-state index in [9.17, 15) is 18.0 Å². The SMILES string of the molecule is CN(C)CC(=O)N1CCC(CCOc2ccc(-c3cc4c(ncn4C)c(N)n3)cc2C(F)(F)F)CC1. The van der Waals surface area contributed by atoms with Crippen LogP contribution in [-0.2, 0) is 18.0 Å². The fourth-order valence-corrected chi connectivity index (χ4v) is 4.51. The van der Waals surface area contributed by atoms with Crippen LogP contribution in [0.4, 0.5) is 19.0 Å². The Morgan fingerprint density at radius 2 is 1.94 bits per heavy atom. The minimum atomic E-state index is -4.59. The number of fused-ring (bicyclic) bond motifs is 1. The molecule has 1 aliphatic rings. The van der Waals surface area contributed by atoms with Crippen LogP contribution in [0.15, 0.2) is 30.6 Å². The van der Waals surface area contributed by atoms with Gasteiger partial charge in [0.2, 0.25) is 5.91 Å². The summed E-state index contributed by atoms with van der Waals surface area (Å²) in [5.74, 6) is 0.356. The van der Waals surface area contributed by atoms with Crippen molar-refractivity contribution in [3.63, 3.8) is 0 Å². The number of likely N-dealkylation sites (tertiary alicyclic amines) is 1. The Morgan fingerprint density at radius 1 is 1.22 bits per heavy atom. The molecule has 194 valence electrons. The Hall–Kier alpha value is -3.34. The Bertz CT molecular complexity index is 1230. The summed E-state index contributed by atoms with van der Waals surface area (Å²) in [5, 5.41) is 0. The molecule has 0 aliphatic carbocycles. The summed E-state index contributed by atoms with van der Waals surface area (Å²) in [6.45, 7) is 1.88. The molecule has 3 aromatic rings. The molecule has 11 heteroatoms. The number of likely N-dealkylation sites (N-methyl/N-ethyl adjacent to an activating group) is 1. The van der Waals surface area contributed by atoms with Gasteiger partial charge < -0.3 is 24.8 Å². The number of pyridine rings is 1. The second-order valence-corrected chi connectivity index (χ2v) is 9.52. The van der Waals surface area contributed by atoms with Gasteiger partial charge in [-0.05, 0) is 63.5 Å². The second kappa shape index (κ2) is 10.3. The summed E-state index contributed by atoms with van der Waals surface area (Å²) in [4.78, 5) is 24.3. The summed E-state index contributed by atoms with van der Waals surface area (Å²) in [6, 6.07) is 5.62. The van der Waals surface area contributed by atoms with Crippen LogP contribution < -0.4 is 10.5 Å². The maximum absolute atomic E-state index is 13.9. The number of hydrogen-bond donors (Lipinski definition) is 1. The number of anilines is 1. The molecular weight excluding hydrogens is 473 g/mol. The Labute approximate surface area is 207 Å². The van der Waals surface area contributed by atoms with Gasteiger partial charge in [-0.15, -0.1) is 0 Å². The molecule has 0 spiro atoms. The number of nitrogen functional groups attached to an aromatic ring is 1. The zero-order chi connectivity index (χ0) is 26.0. The minimum absolute atomic E-state index is 0.100. The molecule has 1 aromatic carbocycles. The lowest BCUT2D eigenvalue weighted by Gasteiger charge is -2.32. The number of ether oxygens (including phenoxy) is 1. The van der Waals surface area contributed by atoms with E-state index in [0.717, 1.165) is 18.9 Å². The van der Waals surface area contributed by atoms with E-state index in [-0.39, 0.29) is 24.1 Å². The Morgan fingerprint density at radius 3 is 2.61 bits per heavy atom. The van der Waals surface area contributed by atoms with Crippen LogP contribution >= 0.6 is 0 Å². The third-order valence-electron chi connectivity index (χ3n) is 6.52. The van der Waals surface area contributed by atoms with Gasteiger partial charge in [-0.25, -0.2) is 9.97 Å². The van der Waals surface area contributed by atoms with Crippen molar-refractivity contribution in [1.82, 2.24) is 24.3 Å². The highest BCUT2D eigenvalue weighted by molar-refractivity contribution is 5.88. The van der Waals surface area contributed by atoms with E-state index >= 15 is 0 Å². The number of aromatic nitrogens is 3. The molecule has 0 radical (unpaired) electrons. The van der Waals surface area contributed by atoms with Crippen LogP contribution in [0.3, 0.4) is 0 Å². The lowest BCUT2D eigenvalue weighted by molar-refractivity contribution is -0.139. The van der Waals surface area contributed by atoms with Crippen molar-refractivity contribution in [2.75, 3.05) is 46.1 Å². The van der Waals surface area contributed by atoms with Crippen LogP contribution in [0.25, 0.3) is 22.3 Å². The number of aryl methyl sites for hydroxylation is 1. The van der Waals surface area contributed by atoms with Crippen LogP contribution in [0, 0.1) is 5.92 Å². The van der Waals surface area contributed by atoms with Gasteiger partial charge in [-0.2, -0.15) is 13.2 Å². The highest BCUT2D eigenvalue weighted by Crippen LogP contribution is 2.39. The van der Waals surface area contributed by atoms with E-state index in [1.807, 2.05) is 23.9 Å². The molecule has 8 nitrogen and oxygen atoms in total. The number of rotatable bonds is 7. The molecule has 0 saturated carbocycles. The molecule has 36 heavy (non-hydrogen) atoms. The summed E-state index contributed by atoms with van der Waals surface area (Å²) in [6.07, 6.45) is -0.750. The van der Waals surface area contributed by atoms with E-state index in [4.69, 9.17) is 10.5 Å². The third-order valence-corrected chi connectivity index (χ3v) is 6.52. The summed E-state index contributed by atoms with van der Waals surface area (Å²) in [5.41, 5.74) is 6.94. The smallest absolute Gasteiger partial charge is 0.419 e. The van der Waals surface area contributed by atoms with Gasteiger partial charge in [0.1, 0.15) is 11.3 Å². The number of alkyl halides is 3. The molecular formula is C25H31F3N6O2. The molecule has 3 heterocycles. The highest BCUT2D eigenvalue weighted by atomic mass is 19.4. The fourth-order valence-electron chi connectivity index (χ4n) is 4.51. The molecule has 1 aliphatic heterocycles. The first kappa shape index (κ1) is 25.7. The quantitative estimate of drug-likeness (QED) is 0.527.